The number of rotatable bonds is 4. The lowest BCUT2D eigenvalue weighted by atomic mass is 10.2. The minimum absolute atomic E-state index is 0.0285. The Kier molecular flexibility index (Phi) is 4.35. The average molecular weight is 332 g/mol. The average Bonchev–Trinajstić information content (AvgIpc) is 2.74. The second-order valence-electron chi connectivity index (χ2n) is 4.91. The van der Waals surface area contributed by atoms with Crippen LogP contribution in [0.3, 0.4) is 0 Å². The predicted octanol–water partition coefficient (Wildman–Crippen LogP) is -0.359. The molecule has 2 rings (SSSR count). The number of carbonyl (C=O) groups excluding carboxylic acids is 1. The molecule has 9 heteroatoms. The molecule has 1 saturated heterocycles. The summed E-state index contributed by atoms with van der Waals surface area (Å²) in [5.74, 6) is -0.378. The van der Waals surface area contributed by atoms with Crippen molar-refractivity contribution < 1.29 is 21.6 Å². The van der Waals surface area contributed by atoms with E-state index in [1.807, 2.05) is 0 Å². The smallest absolute Gasteiger partial charge is 0.251 e. The molecule has 116 valence electrons. The minimum Gasteiger partial charge on any atom is -0.351 e. The first-order valence-electron chi connectivity index (χ1n) is 6.33. The quantitative estimate of drug-likeness (QED) is 0.779. The molecular formula is C12H16N2O5S2. The molecule has 1 unspecified atom stereocenters. The first kappa shape index (κ1) is 15.9. The minimum atomic E-state index is -3.88. The second kappa shape index (κ2) is 5.74. The van der Waals surface area contributed by atoms with E-state index < -0.39 is 31.0 Å². The molecule has 1 aliphatic heterocycles. The van der Waals surface area contributed by atoms with Crippen LogP contribution in [0.25, 0.3) is 0 Å². The molecule has 0 bridgehead atoms. The van der Waals surface area contributed by atoms with Crippen molar-refractivity contribution in [3.8, 4) is 0 Å². The van der Waals surface area contributed by atoms with Crippen molar-refractivity contribution in [2.45, 2.75) is 23.0 Å². The lowest BCUT2D eigenvalue weighted by Gasteiger charge is -2.11. The third-order valence-corrected chi connectivity index (χ3v) is 6.56. The number of hydrogen-bond donors (Lipinski definition) is 2. The Labute approximate surface area is 123 Å². The summed E-state index contributed by atoms with van der Waals surface area (Å²) in [7, 11) is -7.01. The topological polar surface area (TPSA) is 123 Å². The summed E-state index contributed by atoms with van der Waals surface area (Å²) in [6, 6.07) is 5.29. The van der Waals surface area contributed by atoms with Crippen molar-refractivity contribution >= 4 is 25.8 Å². The Bertz CT molecular complexity index is 756. The summed E-state index contributed by atoms with van der Waals surface area (Å²) in [5.41, 5.74) is 0.122. The standard InChI is InChI=1S/C12H16N2O5S2/c13-21(18,19)10-4-1-3-9(7-10)12(15)14-8-11-5-2-6-20(11,16)17/h1,3-4,7,11H,2,5-6,8H2,(H,14,15)(H2,13,18,19). The van der Waals surface area contributed by atoms with Gasteiger partial charge in [-0.3, -0.25) is 4.79 Å². The van der Waals surface area contributed by atoms with Gasteiger partial charge in [-0.25, -0.2) is 22.0 Å². The van der Waals surface area contributed by atoms with Crippen LogP contribution in [-0.2, 0) is 19.9 Å². The molecule has 0 aromatic heterocycles. The number of nitrogens with two attached hydrogens (primary N) is 1. The first-order chi connectivity index (χ1) is 9.70. The molecular weight excluding hydrogens is 316 g/mol. The zero-order chi connectivity index (χ0) is 15.7. The monoisotopic (exact) mass is 332 g/mol. The Morgan fingerprint density at radius 3 is 2.67 bits per heavy atom. The highest BCUT2D eigenvalue weighted by atomic mass is 32.2. The highest BCUT2D eigenvalue weighted by Gasteiger charge is 2.31. The van der Waals surface area contributed by atoms with E-state index in [9.17, 15) is 21.6 Å². The number of nitrogens with one attached hydrogen (secondary N) is 1. The van der Waals surface area contributed by atoms with E-state index in [0.29, 0.717) is 12.8 Å². The number of sulfone groups is 1. The molecule has 1 atom stereocenters. The van der Waals surface area contributed by atoms with E-state index >= 15 is 0 Å². The van der Waals surface area contributed by atoms with E-state index in [-0.39, 0.29) is 22.8 Å². The van der Waals surface area contributed by atoms with Crippen molar-refractivity contribution in [1.82, 2.24) is 5.32 Å². The molecule has 0 aliphatic carbocycles. The second-order valence-corrected chi connectivity index (χ2v) is 8.88. The molecule has 0 saturated carbocycles. The fraction of sp³-hybridized carbons (Fsp3) is 0.417. The Balaban J connectivity index is 2.08. The molecule has 1 aliphatic rings. The zero-order valence-electron chi connectivity index (χ0n) is 11.2. The van der Waals surface area contributed by atoms with Gasteiger partial charge in [-0.2, -0.15) is 0 Å². The largest absolute Gasteiger partial charge is 0.351 e. The van der Waals surface area contributed by atoms with Crippen LogP contribution in [0.2, 0.25) is 0 Å². The fourth-order valence-electron chi connectivity index (χ4n) is 2.21. The molecule has 1 amide bonds. The number of sulfonamides is 1. The van der Waals surface area contributed by atoms with E-state index in [1.54, 1.807) is 0 Å². The van der Waals surface area contributed by atoms with Crippen LogP contribution in [0.4, 0.5) is 0 Å². The maximum atomic E-state index is 12.0. The number of amides is 1. The predicted molar refractivity (Wildman–Crippen MR) is 77.0 cm³/mol. The highest BCUT2D eigenvalue weighted by Crippen LogP contribution is 2.19. The SMILES string of the molecule is NS(=O)(=O)c1cccc(C(=O)NCC2CCCS2(=O)=O)c1. The van der Waals surface area contributed by atoms with Gasteiger partial charge in [-0.15, -0.1) is 0 Å². The number of benzene rings is 1. The molecule has 1 heterocycles. The number of carbonyl (C=O) groups is 1. The van der Waals surface area contributed by atoms with Crippen molar-refractivity contribution in [1.29, 1.82) is 0 Å². The van der Waals surface area contributed by atoms with Crippen molar-refractivity contribution in [3.63, 3.8) is 0 Å². The summed E-state index contributed by atoms with van der Waals surface area (Å²) < 4.78 is 45.8. The molecule has 0 radical (unpaired) electrons. The maximum absolute atomic E-state index is 12.0. The van der Waals surface area contributed by atoms with Crippen LogP contribution in [0.5, 0.6) is 0 Å². The summed E-state index contributed by atoms with van der Waals surface area (Å²) >= 11 is 0. The van der Waals surface area contributed by atoms with Gasteiger partial charge in [-0.05, 0) is 31.0 Å². The lowest BCUT2D eigenvalue weighted by molar-refractivity contribution is 0.0953. The Hall–Kier alpha value is -1.45. The van der Waals surface area contributed by atoms with Crippen molar-refractivity contribution in [3.05, 3.63) is 29.8 Å². The summed E-state index contributed by atoms with van der Waals surface area (Å²) in [6.45, 7) is 0.0285. The van der Waals surface area contributed by atoms with Crippen LogP contribution in [-0.4, -0.2) is 40.3 Å². The molecule has 7 nitrogen and oxygen atoms in total. The maximum Gasteiger partial charge on any atom is 0.251 e. The molecule has 21 heavy (non-hydrogen) atoms. The Morgan fingerprint density at radius 1 is 1.38 bits per heavy atom. The van der Waals surface area contributed by atoms with Gasteiger partial charge in [0.25, 0.3) is 5.91 Å². The van der Waals surface area contributed by atoms with E-state index in [4.69, 9.17) is 5.14 Å². The van der Waals surface area contributed by atoms with Gasteiger partial charge in [-0.1, -0.05) is 6.07 Å². The molecule has 1 aromatic carbocycles. The third kappa shape index (κ3) is 3.80. The van der Waals surface area contributed by atoms with Crippen LogP contribution in [0.1, 0.15) is 23.2 Å². The normalized spacial score (nSPS) is 21.1. The van der Waals surface area contributed by atoms with Gasteiger partial charge < -0.3 is 5.32 Å². The van der Waals surface area contributed by atoms with Gasteiger partial charge >= 0.3 is 0 Å². The van der Waals surface area contributed by atoms with Gasteiger partial charge in [0.05, 0.1) is 15.9 Å². The summed E-state index contributed by atoms with van der Waals surface area (Å²) in [6.07, 6.45) is 1.13. The van der Waals surface area contributed by atoms with E-state index in [0.717, 1.165) is 6.07 Å². The number of primary sulfonamides is 1. The fourth-order valence-corrected chi connectivity index (χ4v) is 4.54. The molecule has 0 spiro atoms. The lowest BCUT2D eigenvalue weighted by Crippen LogP contribution is -2.34. The van der Waals surface area contributed by atoms with Gasteiger partial charge in [0.15, 0.2) is 9.84 Å². The van der Waals surface area contributed by atoms with E-state index in [2.05, 4.69) is 5.32 Å². The van der Waals surface area contributed by atoms with Gasteiger partial charge in [0.1, 0.15) is 0 Å². The summed E-state index contributed by atoms with van der Waals surface area (Å²) in [5, 5.41) is 6.95. The first-order valence-corrected chi connectivity index (χ1v) is 9.59. The van der Waals surface area contributed by atoms with Crippen LogP contribution in [0, 0.1) is 0 Å². The van der Waals surface area contributed by atoms with Gasteiger partial charge in [0, 0.05) is 12.1 Å². The van der Waals surface area contributed by atoms with Gasteiger partial charge in [0.2, 0.25) is 10.0 Å². The molecule has 3 N–H and O–H groups in total. The number of hydrogen-bond acceptors (Lipinski definition) is 5. The summed E-state index contributed by atoms with van der Waals surface area (Å²) in [4.78, 5) is 11.8. The van der Waals surface area contributed by atoms with Crippen LogP contribution >= 0.6 is 0 Å². The zero-order valence-corrected chi connectivity index (χ0v) is 12.8. The third-order valence-electron chi connectivity index (χ3n) is 3.38. The van der Waals surface area contributed by atoms with Crippen LogP contribution in [0.15, 0.2) is 29.2 Å². The highest BCUT2D eigenvalue weighted by molar-refractivity contribution is 7.92. The molecule has 1 aromatic rings. The molecule has 1 fully saturated rings. The van der Waals surface area contributed by atoms with E-state index in [1.165, 1.54) is 18.2 Å². The van der Waals surface area contributed by atoms with Crippen molar-refractivity contribution in [2.24, 2.45) is 5.14 Å². The van der Waals surface area contributed by atoms with Crippen molar-refractivity contribution in [2.75, 3.05) is 12.3 Å². The Morgan fingerprint density at radius 2 is 2.10 bits per heavy atom. The van der Waals surface area contributed by atoms with Crippen LogP contribution < -0.4 is 10.5 Å².